The third kappa shape index (κ3) is 7.73. The first-order valence-electron chi connectivity index (χ1n) is 17.2. The summed E-state index contributed by atoms with van der Waals surface area (Å²) in [6.07, 6.45) is 0. The van der Waals surface area contributed by atoms with Crippen molar-refractivity contribution in [3.8, 4) is 0 Å². The van der Waals surface area contributed by atoms with Gasteiger partial charge in [0.1, 0.15) is 0 Å². The summed E-state index contributed by atoms with van der Waals surface area (Å²) in [6.45, 7) is 10.2. The molecule has 16 nitrogen and oxygen atoms in total. The standard InChI is InChI=1S/C12H15N3O3.C12H15N3O2.C11H13N3O2/c1-15(17)7-5-14(6-8-15)10-4-2-3-9-11(10)18-12(16)13-9;1-14-5-7-15(8-6-14)10-4-2-3-9-11(10)17-12(16)13-9;15-11-13-8-2-1-3-9(10(8)16-11)14-6-4-12-5-7-14/h2-4H,5-8H2,1H3,(H,13,16);2-4H,5-8H2,1H3,(H,13,16);1-3,12H,4-7H2,(H,13,15). The molecule has 51 heavy (non-hydrogen) atoms. The van der Waals surface area contributed by atoms with Crippen LogP contribution in [0.15, 0.2) is 82.2 Å². The number of anilines is 3. The molecule has 0 atom stereocenters. The Kier molecular flexibility index (Phi) is 9.73. The minimum absolute atomic E-state index is 0.205. The first kappa shape index (κ1) is 34.2. The maximum atomic E-state index is 11.8. The molecule has 3 saturated heterocycles. The Bertz CT molecular complexity index is 2260. The van der Waals surface area contributed by atoms with Crippen molar-refractivity contribution in [2.45, 2.75) is 0 Å². The van der Waals surface area contributed by atoms with E-state index in [4.69, 9.17) is 13.3 Å². The van der Waals surface area contributed by atoms with E-state index in [0.717, 1.165) is 80.5 Å². The molecule has 3 aliphatic rings. The van der Waals surface area contributed by atoms with Crippen molar-refractivity contribution in [2.24, 2.45) is 0 Å². The van der Waals surface area contributed by atoms with Crippen molar-refractivity contribution in [2.75, 3.05) is 107 Å². The van der Waals surface area contributed by atoms with E-state index in [2.05, 4.69) is 46.9 Å². The van der Waals surface area contributed by atoms with Crippen LogP contribution in [0.25, 0.3) is 33.3 Å². The summed E-state index contributed by atoms with van der Waals surface area (Å²) in [7, 11) is 3.81. The minimum atomic E-state index is -0.445. The highest BCUT2D eigenvalue weighted by Gasteiger charge is 2.24. The average Bonchev–Trinajstić information content (AvgIpc) is 3.83. The molecule has 0 amide bonds. The summed E-state index contributed by atoms with van der Waals surface area (Å²) in [5.74, 6) is -1.22. The number of benzene rings is 3. The number of hydrogen-bond acceptors (Lipinski definition) is 12. The van der Waals surface area contributed by atoms with E-state index in [9.17, 15) is 19.6 Å². The fourth-order valence-corrected chi connectivity index (χ4v) is 6.71. The van der Waals surface area contributed by atoms with Crippen molar-refractivity contribution in [1.82, 2.24) is 25.2 Å². The number of nitrogens with zero attached hydrogens (tertiary/aromatic N) is 5. The second-order valence-corrected chi connectivity index (χ2v) is 13.3. The summed E-state index contributed by atoms with van der Waals surface area (Å²) in [4.78, 5) is 50.5. The molecule has 4 N–H and O–H groups in total. The molecule has 0 spiro atoms. The maximum absolute atomic E-state index is 11.8. The summed E-state index contributed by atoms with van der Waals surface area (Å²) >= 11 is 0. The van der Waals surface area contributed by atoms with Gasteiger partial charge in [-0.1, -0.05) is 18.2 Å². The van der Waals surface area contributed by atoms with Gasteiger partial charge in [-0.25, -0.2) is 14.4 Å². The summed E-state index contributed by atoms with van der Waals surface area (Å²) in [6, 6.07) is 17.2. The van der Waals surface area contributed by atoms with E-state index in [0.29, 0.717) is 48.4 Å². The largest absolute Gasteiger partial charge is 0.633 e. The van der Waals surface area contributed by atoms with E-state index < -0.39 is 11.5 Å². The number of fused-ring (bicyclic) bond motifs is 3. The molecule has 0 saturated carbocycles. The summed E-state index contributed by atoms with van der Waals surface area (Å²) in [5.41, 5.74) is 7.02. The van der Waals surface area contributed by atoms with Gasteiger partial charge in [0.2, 0.25) is 0 Å². The van der Waals surface area contributed by atoms with Crippen LogP contribution < -0.4 is 37.3 Å². The van der Waals surface area contributed by atoms with Gasteiger partial charge < -0.3 is 48.0 Å². The zero-order valence-electron chi connectivity index (χ0n) is 28.8. The van der Waals surface area contributed by atoms with Crippen LogP contribution in [0.2, 0.25) is 0 Å². The molecule has 0 unspecified atom stereocenters. The Morgan fingerprint density at radius 1 is 0.569 bits per heavy atom. The third-order valence-corrected chi connectivity index (χ3v) is 9.61. The van der Waals surface area contributed by atoms with Crippen LogP contribution in [0.4, 0.5) is 17.1 Å². The predicted octanol–water partition coefficient (Wildman–Crippen LogP) is 2.29. The first-order chi connectivity index (χ1) is 24.6. The van der Waals surface area contributed by atoms with Gasteiger partial charge in [-0.3, -0.25) is 15.0 Å². The Morgan fingerprint density at radius 2 is 0.941 bits per heavy atom. The Hall–Kier alpha value is -5.29. The number of H-pyrrole nitrogens is 3. The second kappa shape index (κ2) is 14.5. The van der Waals surface area contributed by atoms with Crippen molar-refractivity contribution >= 4 is 50.4 Å². The molecule has 9 rings (SSSR count). The Labute approximate surface area is 292 Å². The van der Waals surface area contributed by atoms with Gasteiger partial charge in [-0.05, 0) is 43.4 Å². The fourth-order valence-electron chi connectivity index (χ4n) is 6.71. The maximum Gasteiger partial charge on any atom is 0.417 e. The summed E-state index contributed by atoms with van der Waals surface area (Å²) < 4.78 is 15.4. The van der Waals surface area contributed by atoms with Crippen molar-refractivity contribution in [1.29, 1.82) is 0 Å². The molecule has 0 radical (unpaired) electrons. The van der Waals surface area contributed by atoms with Crippen LogP contribution in [0, 0.1) is 5.21 Å². The number of quaternary nitrogens is 1. The lowest BCUT2D eigenvalue weighted by Gasteiger charge is -2.45. The topological polar surface area (TPSA) is 186 Å². The van der Waals surface area contributed by atoms with Gasteiger partial charge in [-0.15, -0.1) is 0 Å². The van der Waals surface area contributed by atoms with Crippen LogP contribution in [0.5, 0.6) is 0 Å². The number of para-hydroxylation sites is 3. The van der Waals surface area contributed by atoms with Crippen molar-refractivity contribution in [3.63, 3.8) is 0 Å². The zero-order chi connectivity index (χ0) is 35.5. The van der Waals surface area contributed by atoms with Gasteiger partial charge in [0, 0.05) is 52.4 Å². The molecule has 270 valence electrons. The highest BCUT2D eigenvalue weighted by Crippen LogP contribution is 2.28. The molecule has 0 aliphatic carbocycles. The molecule has 3 aliphatic heterocycles. The molecule has 3 aromatic heterocycles. The second-order valence-electron chi connectivity index (χ2n) is 13.3. The van der Waals surface area contributed by atoms with Gasteiger partial charge in [0.05, 0.1) is 66.8 Å². The highest BCUT2D eigenvalue weighted by atomic mass is 16.5. The van der Waals surface area contributed by atoms with Crippen LogP contribution in [0.3, 0.4) is 0 Å². The predicted molar refractivity (Wildman–Crippen MR) is 197 cm³/mol. The molecule has 0 bridgehead atoms. The number of nitrogens with one attached hydrogen (secondary N) is 4. The highest BCUT2D eigenvalue weighted by molar-refractivity contribution is 5.88. The van der Waals surface area contributed by atoms with Gasteiger partial charge in [0.25, 0.3) is 0 Å². The van der Waals surface area contributed by atoms with Gasteiger partial charge >= 0.3 is 17.3 Å². The fraction of sp³-hybridized carbons (Fsp3) is 0.400. The first-order valence-corrected chi connectivity index (χ1v) is 17.2. The van der Waals surface area contributed by atoms with E-state index in [1.54, 1.807) is 7.05 Å². The monoisotopic (exact) mass is 701 g/mol. The number of rotatable bonds is 3. The molecule has 6 aromatic rings. The zero-order valence-corrected chi connectivity index (χ0v) is 28.8. The van der Waals surface area contributed by atoms with Crippen LogP contribution in [0.1, 0.15) is 0 Å². The minimum Gasteiger partial charge on any atom is -0.633 e. The molecule has 3 fully saturated rings. The van der Waals surface area contributed by atoms with Crippen LogP contribution in [-0.4, -0.2) is 117 Å². The van der Waals surface area contributed by atoms with Crippen molar-refractivity contribution in [3.05, 3.63) is 91.5 Å². The van der Waals surface area contributed by atoms with E-state index in [1.165, 1.54) is 0 Å². The van der Waals surface area contributed by atoms with E-state index in [-0.39, 0.29) is 10.4 Å². The van der Waals surface area contributed by atoms with Crippen molar-refractivity contribution < 1.29 is 17.9 Å². The number of oxazole rings is 3. The molecular formula is C35H43N9O7. The SMILES string of the molecule is CN1CCN(c2cccc3[nH]c(=O)oc23)CC1.C[N+]1([O-])CCN(c2cccc3[nH]c(=O)oc23)CC1.O=c1[nH]c2cccc(N3CCNCC3)c2o1. The third-order valence-electron chi connectivity index (χ3n) is 9.61. The summed E-state index contributed by atoms with van der Waals surface area (Å²) in [5, 5.41) is 15.1. The van der Waals surface area contributed by atoms with Crippen LogP contribution >= 0.6 is 0 Å². The van der Waals surface area contributed by atoms with E-state index >= 15 is 0 Å². The average molecular weight is 702 g/mol. The Balaban J connectivity index is 0.000000120. The van der Waals surface area contributed by atoms with Gasteiger partial charge in [0.15, 0.2) is 16.7 Å². The lowest BCUT2D eigenvalue weighted by atomic mass is 10.2. The molecule has 6 heterocycles. The number of hydroxylamine groups is 3. The van der Waals surface area contributed by atoms with Gasteiger partial charge in [-0.2, -0.15) is 0 Å². The lowest BCUT2D eigenvalue weighted by Crippen LogP contribution is -2.53. The molecular weight excluding hydrogens is 658 g/mol. The number of piperazine rings is 3. The van der Waals surface area contributed by atoms with Crippen LogP contribution in [-0.2, 0) is 0 Å². The number of aromatic nitrogens is 3. The van der Waals surface area contributed by atoms with E-state index in [1.807, 2.05) is 54.6 Å². The quantitative estimate of drug-likeness (QED) is 0.156. The number of aromatic amines is 3. The lowest BCUT2D eigenvalue weighted by molar-refractivity contribution is -0.861. The number of likely N-dealkylation sites (N-methyl/N-ethyl adjacent to an activating group) is 2. The Morgan fingerprint density at radius 3 is 1.35 bits per heavy atom. The molecule has 3 aromatic carbocycles. The molecule has 16 heteroatoms. The number of hydrogen-bond donors (Lipinski definition) is 4. The normalized spacial score (nSPS) is 18.1. The smallest absolute Gasteiger partial charge is 0.417 e.